The van der Waals surface area contributed by atoms with Gasteiger partial charge in [0.15, 0.2) is 0 Å². The largest absolute Gasteiger partial charge is 0.390 e. The van der Waals surface area contributed by atoms with Gasteiger partial charge in [-0.25, -0.2) is 4.84 Å². The minimum absolute atomic E-state index is 0.0640. The average molecular weight is 336 g/mol. The van der Waals surface area contributed by atoms with Gasteiger partial charge in [-0.3, -0.25) is 0 Å². The number of nitroso groups, excluding NO2 is 1. The van der Waals surface area contributed by atoms with E-state index in [2.05, 4.69) is 5.59 Å². The molecule has 134 valence electrons. The summed E-state index contributed by atoms with van der Waals surface area (Å²) in [4.78, 5) is 18.1. The number of hydrogen-bond acceptors (Lipinski definition) is 3. The smallest absolute Gasteiger partial charge is 0.274 e. The van der Waals surface area contributed by atoms with Crippen LogP contribution in [0.15, 0.2) is 30.3 Å². The Morgan fingerprint density at radius 1 is 1.29 bits per heavy atom. The Balaban J connectivity index is 1.77. The van der Waals surface area contributed by atoms with Crippen LogP contribution in [0, 0.1) is 4.91 Å². The Morgan fingerprint density at radius 2 is 1.88 bits per heavy atom. The molecular formula is C18H30N3O3+. The molecule has 6 nitrogen and oxygen atoms in total. The molecule has 0 radical (unpaired) electrons. The Labute approximate surface area is 144 Å². The van der Waals surface area contributed by atoms with Gasteiger partial charge in [0.1, 0.15) is 0 Å². The second kappa shape index (κ2) is 7.49. The lowest BCUT2D eigenvalue weighted by atomic mass is 9.79. The summed E-state index contributed by atoms with van der Waals surface area (Å²) >= 11 is 0. The lowest BCUT2D eigenvalue weighted by Gasteiger charge is -2.35. The number of aliphatic hydroxyl groups is 1. The molecule has 0 heterocycles. The van der Waals surface area contributed by atoms with Gasteiger partial charge in [-0.05, 0) is 52.0 Å². The quantitative estimate of drug-likeness (QED) is 0.618. The maximum atomic E-state index is 12.0. The van der Waals surface area contributed by atoms with Crippen molar-refractivity contribution < 1.29 is 14.9 Å². The fourth-order valence-corrected chi connectivity index (χ4v) is 2.85. The first-order valence-corrected chi connectivity index (χ1v) is 8.58. The van der Waals surface area contributed by atoms with Crippen LogP contribution in [0.25, 0.3) is 0 Å². The zero-order chi connectivity index (χ0) is 17.8. The van der Waals surface area contributed by atoms with Gasteiger partial charge in [-0.2, -0.15) is 0 Å². The topological polar surface area (TPSA) is 64.8 Å². The molecule has 0 bridgehead atoms. The van der Waals surface area contributed by atoms with Crippen LogP contribution in [0.4, 0.5) is 0 Å². The first-order chi connectivity index (χ1) is 11.2. The molecule has 0 saturated heterocycles. The van der Waals surface area contributed by atoms with Gasteiger partial charge in [0.2, 0.25) is 0 Å². The number of rotatable bonds is 6. The van der Waals surface area contributed by atoms with Crippen molar-refractivity contribution in [1.29, 1.82) is 0 Å². The molecule has 2 rings (SSSR count). The van der Waals surface area contributed by atoms with Crippen LogP contribution < -0.4 is 5.59 Å². The standard InChI is InChI=1S/C18H30N3O3/c1-17(2,3)20(4)21(23)19-24-16-10-12-18(22,13-11-16)14-15-8-6-5-7-9-15/h5-9,16,22H,10-14H2,1-4H3,(H,19,23)/q+1. The second-order valence-corrected chi connectivity index (χ2v) is 7.76. The zero-order valence-electron chi connectivity index (χ0n) is 15.2. The van der Waals surface area contributed by atoms with Gasteiger partial charge in [0.25, 0.3) is 4.98 Å². The molecule has 1 fully saturated rings. The SMILES string of the molecule is CN([N+](=O)NOC1CCC(O)(Cc2ccccc2)CC1)C(C)(C)C. The molecule has 0 amide bonds. The fraction of sp³-hybridized carbons (Fsp3) is 0.667. The van der Waals surface area contributed by atoms with Crippen molar-refractivity contribution in [3.05, 3.63) is 40.8 Å². The van der Waals surface area contributed by atoms with E-state index < -0.39 is 5.60 Å². The highest BCUT2D eigenvalue weighted by atomic mass is 16.7. The predicted octanol–water partition coefficient (Wildman–Crippen LogP) is 2.76. The van der Waals surface area contributed by atoms with Gasteiger partial charge < -0.3 is 5.11 Å². The normalized spacial score (nSPS) is 24.5. The number of benzene rings is 1. The van der Waals surface area contributed by atoms with E-state index in [1.807, 2.05) is 51.1 Å². The van der Waals surface area contributed by atoms with Gasteiger partial charge >= 0.3 is 0 Å². The number of nitrogens with zero attached hydrogens (tertiary/aromatic N) is 2. The van der Waals surface area contributed by atoms with Crippen molar-refractivity contribution in [3.8, 4) is 0 Å². The van der Waals surface area contributed by atoms with Crippen LogP contribution in [-0.4, -0.2) is 39.4 Å². The maximum absolute atomic E-state index is 12.0. The molecule has 24 heavy (non-hydrogen) atoms. The number of hydrogen-bond donors (Lipinski definition) is 2. The molecular weight excluding hydrogens is 306 g/mol. The van der Waals surface area contributed by atoms with E-state index in [-0.39, 0.29) is 11.6 Å². The summed E-state index contributed by atoms with van der Waals surface area (Å²) in [7, 11) is 1.71. The van der Waals surface area contributed by atoms with Crippen LogP contribution in [0.2, 0.25) is 0 Å². The van der Waals surface area contributed by atoms with Crippen molar-refractivity contribution in [3.63, 3.8) is 0 Å². The van der Waals surface area contributed by atoms with E-state index in [9.17, 15) is 10.0 Å². The summed E-state index contributed by atoms with van der Waals surface area (Å²) in [6.45, 7) is 5.84. The Hall–Kier alpha value is -1.66. The van der Waals surface area contributed by atoms with Crippen molar-refractivity contribution in [2.75, 3.05) is 7.05 Å². The highest BCUT2D eigenvalue weighted by molar-refractivity contribution is 5.17. The molecule has 0 spiro atoms. The maximum Gasteiger partial charge on any atom is 0.274 e. The Morgan fingerprint density at radius 3 is 2.42 bits per heavy atom. The lowest BCUT2D eigenvalue weighted by Crippen LogP contribution is -2.50. The molecule has 1 aromatic carbocycles. The monoisotopic (exact) mass is 336 g/mol. The molecule has 0 aliphatic heterocycles. The Bertz CT molecular complexity index is 534. The molecule has 1 aromatic rings. The van der Waals surface area contributed by atoms with Crippen molar-refractivity contribution in [2.24, 2.45) is 0 Å². The summed E-state index contributed by atoms with van der Waals surface area (Å²) < 4.78 is 0. The zero-order valence-corrected chi connectivity index (χ0v) is 15.2. The molecule has 1 aliphatic carbocycles. The Kier molecular flexibility index (Phi) is 5.83. The van der Waals surface area contributed by atoms with E-state index in [0.29, 0.717) is 24.2 Å². The van der Waals surface area contributed by atoms with Crippen molar-refractivity contribution in [1.82, 2.24) is 10.6 Å². The third-order valence-electron chi connectivity index (χ3n) is 4.78. The van der Waals surface area contributed by atoms with Crippen LogP contribution in [-0.2, 0) is 11.3 Å². The lowest BCUT2D eigenvalue weighted by molar-refractivity contribution is -0.797. The van der Waals surface area contributed by atoms with E-state index in [4.69, 9.17) is 4.84 Å². The van der Waals surface area contributed by atoms with Crippen molar-refractivity contribution >= 4 is 0 Å². The van der Waals surface area contributed by atoms with Crippen LogP contribution in [0.3, 0.4) is 0 Å². The first kappa shape index (κ1) is 18.7. The highest BCUT2D eigenvalue weighted by Gasteiger charge is 2.35. The molecule has 1 aliphatic rings. The summed E-state index contributed by atoms with van der Waals surface area (Å²) in [6.07, 6.45) is 3.39. The highest BCUT2D eigenvalue weighted by Crippen LogP contribution is 2.32. The summed E-state index contributed by atoms with van der Waals surface area (Å²) in [5.41, 5.74) is 2.63. The first-order valence-electron chi connectivity index (χ1n) is 8.58. The van der Waals surface area contributed by atoms with Gasteiger partial charge in [-0.1, -0.05) is 30.3 Å². The van der Waals surface area contributed by atoms with Crippen molar-refractivity contribution in [2.45, 2.75) is 70.1 Å². The summed E-state index contributed by atoms with van der Waals surface area (Å²) in [5.74, 6) is 0. The molecule has 1 saturated carbocycles. The molecule has 0 unspecified atom stereocenters. The molecule has 6 heteroatoms. The summed E-state index contributed by atoms with van der Waals surface area (Å²) in [6, 6.07) is 10.0. The van der Waals surface area contributed by atoms with Gasteiger partial charge in [0, 0.05) is 12.0 Å². The van der Waals surface area contributed by atoms with Crippen LogP contribution >= 0.6 is 0 Å². The van der Waals surface area contributed by atoms with Gasteiger partial charge in [-0.15, -0.1) is 5.01 Å². The third-order valence-corrected chi connectivity index (χ3v) is 4.78. The second-order valence-electron chi connectivity index (χ2n) is 7.76. The molecule has 0 atom stereocenters. The number of nitrogens with one attached hydrogen (secondary N) is 1. The predicted molar refractivity (Wildman–Crippen MR) is 92.7 cm³/mol. The van der Waals surface area contributed by atoms with E-state index >= 15 is 0 Å². The van der Waals surface area contributed by atoms with E-state index in [0.717, 1.165) is 18.4 Å². The van der Waals surface area contributed by atoms with E-state index in [1.54, 1.807) is 7.05 Å². The molecule has 0 aromatic heterocycles. The number of hydrazine groups is 2. The van der Waals surface area contributed by atoms with Crippen LogP contribution in [0.5, 0.6) is 0 Å². The minimum atomic E-state index is -0.680. The fourth-order valence-electron chi connectivity index (χ4n) is 2.85. The minimum Gasteiger partial charge on any atom is -0.390 e. The van der Waals surface area contributed by atoms with Gasteiger partial charge in [0.05, 0.1) is 29.2 Å². The van der Waals surface area contributed by atoms with E-state index in [1.165, 1.54) is 5.01 Å². The third kappa shape index (κ3) is 5.18. The molecule has 2 N–H and O–H groups in total. The summed E-state index contributed by atoms with van der Waals surface area (Å²) in [5, 5.41) is 12.3. The van der Waals surface area contributed by atoms with Crippen LogP contribution in [0.1, 0.15) is 52.0 Å². The average Bonchev–Trinajstić information content (AvgIpc) is 2.53.